The molecule has 166 valence electrons. The SMILES string of the molecule is C=CCN1C(C)(C)CC(N(CCCC)C(=O)C(=O)NNc2ccccc2)CC1(C)C. The van der Waals surface area contributed by atoms with Crippen LogP contribution in [0.3, 0.4) is 0 Å². The third-order valence-corrected chi connectivity index (χ3v) is 5.99. The number of nitrogens with zero attached hydrogens (tertiary/aromatic N) is 2. The van der Waals surface area contributed by atoms with Crippen molar-refractivity contribution >= 4 is 17.5 Å². The fraction of sp³-hybridized carbons (Fsp3) is 0.583. The van der Waals surface area contributed by atoms with Gasteiger partial charge in [-0.15, -0.1) is 6.58 Å². The first-order chi connectivity index (χ1) is 14.1. The van der Waals surface area contributed by atoms with Gasteiger partial charge in [0.1, 0.15) is 0 Å². The highest BCUT2D eigenvalue weighted by atomic mass is 16.2. The molecule has 0 aliphatic carbocycles. The normalized spacial score (nSPS) is 18.4. The lowest BCUT2D eigenvalue weighted by atomic mass is 9.76. The van der Waals surface area contributed by atoms with Gasteiger partial charge in [0, 0.05) is 30.2 Å². The summed E-state index contributed by atoms with van der Waals surface area (Å²) in [6.07, 6.45) is 5.42. The van der Waals surface area contributed by atoms with Crippen molar-refractivity contribution in [3.05, 3.63) is 43.0 Å². The van der Waals surface area contributed by atoms with E-state index in [4.69, 9.17) is 0 Å². The van der Waals surface area contributed by atoms with E-state index in [-0.39, 0.29) is 17.1 Å². The number of hydrogen-bond acceptors (Lipinski definition) is 4. The predicted molar refractivity (Wildman–Crippen MR) is 123 cm³/mol. The molecule has 1 fully saturated rings. The molecule has 0 atom stereocenters. The lowest BCUT2D eigenvalue weighted by Gasteiger charge is -2.56. The van der Waals surface area contributed by atoms with Crippen molar-refractivity contribution in [1.82, 2.24) is 15.2 Å². The number of amides is 2. The number of likely N-dealkylation sites (tertiary alicyclic amines) is 1. The van der Waals surface area contributed by atoms with E-state index in [0.717, 1.165) is 37.9 Å². The average molecular weight is 415 g/mol. The molecule has 0 unspecified atom stereocenters. The summed E-state index contributed by atoms with van der Waals surface area (Å²) in [7, 11) is 0. The third-order valence-electron chi connectivity index (χ3n) is 5.99. The number of carbonyl (C=O) groups excluding carboxylic acids is 2. The molecule has 0 radical (unpaired) electrons. The standard InChI is InChI=1S/C24H38N4O2/c1-7-9-16-27(22(30)21(29)26-25-19-13-11-10-12-14-19)20-17-23(3,4)28(15-8-2)24(5,6)18-20/h8,10-14,20,25H,2,7,9,15-18H2,1,3-6H3,(H,26,29). The number of nitrogens with one attached hydrogen (secondary N) is 2. The van der Waals surface area contributed by atoms with E-state index in [1.54, 1.807) is 4.90 Å². The summed E-state index contributed by atoms with van der Waals surface area (Å²) in [6, 6.07) is 9.31. The molecule has 1 aromatic carbocycles. The van der Waals surface area contributed by atoms with Crippen LogP contribution < -0.4 is 10.9 Å². The monoisotopic (exact) mass is 414 g/mol. The van der Waals surface area contributed by atoms with Gasteiger partial charge in [-0.1, -0.05) is 37.6 Å². The van der Waals surface area contributed by atoms with Crippen LogP contribution in [0.25, 0.3) is 0 Å². The maximum atomic E-state index is 13.1. The van der Waals surface area contributed by atoms with Crippen molar-refractivity contribution in [1.29, 1.82) is 0 Å². The van der Waals surface area contributed by atoms with E-state index in [2.05, 4.69) is 56.9 Å². The minimum absolute atomic E-state index is 0.0117. The second-order valence-corrected chi connectivity index (χ2v) is 9.38. The van der Waals surface area contributed by atoms with Crippen molar-refractivity contribution in [3.63, 3.8) is 0 Å². The molecule has 0 bridgehead atoms. The number of para-hydroxylation sites is 1. The van der Waals surface area contributed by atoms with E-state index >= 15 is 0 Å². The molecule has 1 aliphatic heterocycles. The second-order valence-electron chi connectivity index (χ2n) is 9.38. The molecule has 0 spiro atoms. The van der Waals surface area contributed by atoms with Crippen molar-refractivity contribution in [2.24, 2.45) is 0 Å². The first-order valence-electron chi connectivity index (χ1n) is 10.9. The zero-order valence-corrected chi connectivity index (χ0v) is 19.2. The summed E-state index contributed by atoms with van der Waals surface area (Å²) in [5.74, 6) is -1.10. The van der Waals surface area contributed by atoms with Crippen molar-refractivity contribution < 1.29 is 9.59 Å². The molecule has 2 N–H and O–H groups in total. The number of benzene rings is 1. The number of hydrazine groups is 1. The Labute approximate surface area is 181 Å². The molecule has 1 saturated heterocycles. The molecule has 1 aromatic rings. The fourth-order valence-corrected chi connectivity index (χ4v) is 4.72. The van der Waals surface area contributed by atoms with Gasteiger partial charge in [-0.2, -0.15) is 0 Å². The lowest BCUT2D eigenvalue weighted by Crippen LogP contribution is -2.65. The van der Waals surface area contributed by atoms with E-state index in [1.807, 2.05) is 36.4 Å². The predicted octanol–water partition coefficient (Wildman–Crippen LogP) is 3.97. The zero-order valence-electron chi connectivity index (χ0n) is 19.2. The van der Waals surface area contributed by atoms with Crippen LogP contribution in [0.2, 0.25) is 0 Å². The van der Waals surface area contributed by atoms with E-state index in [0.29, 0.717) is 6.54 Å². The van der Waals surface area contributed by atoms with Crippen molar-refractivity contribution in [2.75, 3.05) is 18.5 Å². The van der Waals surface area contributed by atoms with Crippen LogP contribution in [0, 0.1) is 0 Å². The molecule has 2 rings (SSSR count). The van der Waals surface area contributed by atoms with Gasteiger partial charge in [-0.25, -0.2) is 0 Å². The van der Waals surface area contributed by atoms with Gasteiger partial charge in [0.05, 0.1) is 5.69 Å². The number of hydrogen-bond donors (Lipinski definition) is 2. The Hall–Kier alpha value is -2.34. The first-order valence-corrected chi connectivity index (χ1v) is 10.9. The number of rotatable bonds is 8. The van der Waals surface area contributed by atoms with E-state index in [9.17, 15) is 9.59 Å². The zero-order chi connectivity index (χ0) is 22.4. The molecule has 0 saturated carbocycles. The minimum atomic E-state index is -0.626. The second kappa shape index (κ2) is 10.1. The molecule has 30 heavy (non-hydrogen) atoms. The van der Waals surface area contributed by atoms with E-state index < -0.39 is 11.8 Å². The molecule has 0 aromatic heterocycles. The van der Waals surface area contributed by atoms with Crippen LogP contribution in [0.1, 0.15) is 60.3 Å². The van der Waals surface area contributed by atoms with Crippen molar-refractivity contribution in [3.8, 4) is 0 Å². The van der Waals surface area contributed by atoms with Gasteiger partial charge < -0.3 is 4.90 Å². The largest absolute Gasteiger partial charge is 0.331 e. The average Bonchev–Trinajstić information content (AvgIpc) is 2.69. The summed E-state index contributed by atoms with van der Waals surface area (Å²) in [5, 5.41) is 0. The molecule has 1 heterocycles. The molecule has 6 nitrogen and oxygen atoms in total. The van der Waals surface area contributed by atoms with Gasteiger partial charge in [0.2, 0.25) is 0 Å². The number of carbonyl (C=O) groups is 2. The van der Waals surface area contributed by atoms with Crippen LogP contribution in [-0.4, -0.2) is 51.8 Å². The Balaban J connectivity index is 2.16. The van der Waals surface area contributed by atoms with Gasteiger partial charge in [0.15, 0.2) is 0 Å². The van der Waals surface area contributed by atoms with Crippen LogP contribution >= 0.6 is 0 Å². The van der Waals surface area contributed by atoms with Crippen LogP contribution in [0.5, 0.6) is 0 Å². The summed E-state index contributed by atoms with van der Waals surface area (Å²) in [4.78, 5) is 30.0. The first kappa shape index (κ1) is 23.9. The lowest BCUT2D eigenvalue weighted by molar-refractivity contribution is -0.150. The highest BCUT2D eigenvalue weighted by Gasteiger charge is 2.47. The third kappa shape index (κ3) is 5.85. The summed E-state index contributed by atoms with van der Waals surface area (Å²) in [6.45, 7) is 16.3. The molecule has 2 amide bonds. The van der Waals surface area contributed by atoms with Gasteiger partial charge in [0.25, 0.3) is 0 Å². The minimum Gasteiger partial charge on any atom is -0.331 e. The van der Waals surface area contributed by atoms with Crippen LogP contribution in [0.4, 0.5) is 5.69 Å². The maximum absolute atomic E-state index is 13.1. The number of unbranched alkanes of at least 4 members (excludes halogenated alkanes) is 1. The Bertz CT molecular complexity index is 712. The van der Waals surface area contributed by atoms with Gasteiger partial charge >= 0.3 is 11.8 Å². The Morgan fingerprint density at radius 3 is 2.30 bits per heavy atom. The quantitative estimate of drug-likeness (QED) is 0.384. The van der Waals surface area contributed by atoms with Crippen LogP contribution in [-0.2, 0) is 9.59 Å². The van der Waals surface area contributed by atoms with Gasteiger partial charge in [-0.05, 0) is 59.1 Å². The van der Waals surface area contributed by atoms with Crippen LogP contribution in [0.15, 0.2) is 43.0 Å². The highest BCUT2D eigenvalue weighted by molar-refractivity contribution is 6.35. The summed E-state index contributed by atoms with van der Waals surface area (Å²) >= 11 is 0. The highest BCUT2D eigenvalue weighted by Crippen LogP contribution is 2.40. The Kier molecular flexibility index (Phi) is 8.07. The number of piperidine rings is 1. The smallest absolute Gasteiger partial charge is 0.327 e. The Morgan fingerprint density at radius 2 is 1.77 bits per heavy atom. The Morgan fingerprint density at radius 1 is 1.17 bits per heavy atom. The van der Waals surface area contributed by atoms with Crippen molar-refractivity contribution in [2.45, 2.75) is 77.4 Å². The molecular formula is C24H38N4O2. The van der Waals surface area contributed by atoms with Gasteiger partial charge in [-0.3, -0.25) is 25.3 Å². The fourth-order valence-electron chi connectivity index (χ4n) is 4.72. The maximum Gasteiger partial charge on any atom is 0.327 e. The van der Waals surface area contributed by atoms with E-state index in [1.165, 1.54) is 0 Å². The molecule has 1 aliphatic rings. The summed E-state index contributed by atoms with van der Waals surface area (Å²) in [5.41, 5.74) is 5.91. The molecule has 6 heteroatoms. The summed E-state index contributed by atoms with van der Waals surface area (Å²) < 4.78 is 0. The number of anilines is 1. The molecular weight excluding hydrogens is 376 g/mol. The topological polar surface area (TPSA) is 64.7 Å².